The summed E-state index contributed by atoms with van der Waals surface area (Å²) in [6.45, 7) is 5.91. The molecule has 3 N–H and O–H groups in total. The molecule has 5 nitrogen and oxygen atoms in total. The Hall–Kier alpha value is -1.30. The molecule has 1 aromatic rings. The van der Waals surface area contributed by atoms with Crippen molar-refractivity contribution in [2.24, 2.45) is 5.73 Å². The lowest BCUT2D eigenvalue weighted by atomic mass is 10.1. The lowest BCUT2D eigenvalue weighted by Gasteiger charge is -2.37. The minimum atomic E-state index is -0.359. The minimum Gasteiger partial charge on any atom is -0.377 e. The maximum absolute atomic E-state index is 12.3. The van der Waals surface area contributed by atoms with E-state index in [2.05, 4.69) is 5.32 Å². The van der Waals surface area contributed by atoms with Crippen LogP contribution in [0.25, 0.3) is 0 Å². The SMILES string of the molecule is CC(C)NC(=O)C1COCCN1c1ccc(CN)cc1Cl. The highest BCUT2D eigenvalue weighted by molar-refractivity contribution is 6.33. The fraction of sp³-hybridized carbons (Fsp3) is 0.533. The van der Waals surface area contributed by atoms with Crippen LogP contribution in [0.1, 0.15) is 19.4 Å². The summed E-state index contributed by atoms with van der Waals surface area (Å²) in [7, 11) is 0. The first kappa shape index (κ1) is 16.1. The van der Waals surface area contributed by atoms with Crippen molar-refractivity contribution >= 4 is 23.2 Å². The molecule has 0 spiro atoms. The van der Waals surface area contributed by atoms with Gasteiger partial charge < -0.3 is 20.7 Å². The molecule has 1 unspecified atom stereocenters. The number of morpholine rings is 1. The van der Waals surface area contributed by atoms with Gasteiger partial charge in [-0.3, -0.25) is 4.79 Å². The summed E-state index contributed by atoms with van der Waals surface area (Å²) < 4.78 is 5.46. The summed E-state index contributed by atoms with van der Waals surface area (Å²) in [6.07, 6.45) is 0. The van der Waals surface area contributed by atoms with Gasteiger partial charge in [-0.25, -0.2) is 0 Å². The van der Waals surface area contributed by atoms with Gasteiger partial charge in [-0.2, -0.15) is 0 Å². The molecule has 1 aromatic carbocycles. The highest BCUT2D eigenvalue weighted by Gasteiger charge is 2.31. The number of ether oxygens (including phenoxy) is 1. The molecule has 21 heavy (non-hydrogen) atoms. The maximum Gasteiger partial charge on any atom is 0.245 e. The number of anilines is 1. The Bertz CT molecular complexity index is 508. The van der Waals surface area contributed by atoms with E-state index in [0.717, 1.165) is 11.3 Å². The van der Waals surface area contributed by atoms with Gasteiger partial charge in [0.1, 0.15) is 6.04 Å². The molecule has 0 aromatic heterocycles. The second kappa shape index (κ2) is 7.11. The third-order valence-corrected chi connectivity index (χ3v) is 3.72. The first-order valence-corrected chi connectivity index (χ1v) is 7.54. The van der Waals surface area contributed by atoms with E-state index >= 15 is 0 Å². The van der Waals surface area contributed by atoms with Gasteiger partial charge in [0.15, 0.2) is 0 Å². The largest absolute Gasteiger partial charge is 0.377 e. The third-order valence-electron chi connectivity index (χ3n) is 3.42. The van der Waals surface area contributed by atoms with E-state index in [0.29, 0.717) is 31.3 Å². The molecule has 0 saturated carbocycles. The van der Waals surface area contributed by atoms with E-state index in [9.17, 15) is 4.79 Å². The molecule has 1 fully saturated rings. The summed E-state index contributed by atoms with van der Waals surface area (Å²) in [5.41, 5.74) is 7.44. The number of hydrogen-bond acceptors (Lipinski definition) is 4. The van der Waals surface area contributed by atoms with Crippen molar-refractivity contribution in [1.82, 2.24) is 5.32 Å². The van der Waals surface area contributed by atoms with Crippen LogP contribution in [0.4, 0.5) is 5.69 Å². The number of nitrogens with two attached hydrogens (primary N) is 1. The molecule has 116 valence electrons. The second-order valence-electron chi connectivity index (χ2n) is 5.44. The van der Waals surface area contributed by atoms with Gasteiger partial charge in [0, 0.05) is 19.1 Å². The zero-order valence-electron chi connectivity index (χ0n) is 12.4. The quantitative estimate of drug-likeness (QED) is 0.885. The average molecular weight is 312 g/mol. The summed E-state index contributed by atoms with van der Waals surface area (Å²) >= 11 is 6.35. The highest BCUT2D eigenvalue weighted by Crippen LogP contribution is 2.29. The van der Waals surface area contributed by atoms with Crippen LogP contribution in [0.5, 0.6) is 0 Å². The van der Waals surface area contributed by atoms with Crippen molar-refractivity contribution in [3.8, 4) is 0 Å². The van der Waals surface area contributed by atoms with Crippen LogP contribution < -0.4 is 16.0 Å². The van der Waals surface area contributed by atoms with E-state index in [1.807, 2.05) is 36.9 Å². The summed E-state index contributed by atoms with van der Waals surface area (Å²) in [5, 5.41) is 3.54. The van der Waals surface area contributed by atoms with Crippen LogP contribution in [0.15, 0.2) is 18.2 Å². The van der Waals surface area contributed by atoms with Crippen molar-refractivity contribution in [3.63, 3.8) is 0 Å². The van der Waals surface area contributed by atoms with E-state index in [4.69, 9.17) is 22.1 Å². The van der Waals surface area contributed by atoms with Gasteiger partial charge in [0.2, 0.25) is 5.91 Å². The Labute approximate surface area is 130 Å². The predicted octanol–water partition coefficient (Wildman–Crippen LogP) is 1.53. The predicted molar refractivity (Wildman–Crippen MR) is 84.6 cm³/mol. The number of nitrogens with zero attached hydrogens (tertiary/aromatic N) is 1. The van der Waals surface area contributed by atoms with Gasteiger partial charge >= 0.3 is 0 Å². The molecule has 1 heterocycles. The summed E-state index contributed by atoms with van der Waals surface area (Å²) in [6, 6.07) is 5.45. The first-order chi connectivity index (χ1) is 10.0. The Morgan fingerprint density at radius 1 is 1.57 bits per heavy atom. The molecule has 6 heteroatoms. The molecule has 1 aliphatic rings. The smallest absolute Gasteiger partial charge is 0.245 e. The number of carbonyl (C=O) groups is 1. The average Bonchev–Trinajstić information content (AvgIpc) is 2.46. The van der Waals surface area contributed by atoms with Crippen LogP contribution >= 0.6 is 11.6 Å². The summed E-state index contributed by atoms with van der Waals surface area (Å²) in [5.74, 6) is -0.0383. The highest BCUT2D eigenvalue weighted by atomic mass is 35.5. The van der Waals surface area contributed by atoms with Crippen LogP contribution in [0, 0.1) is 0 Å². The Morgan fingerprint density at radius 3 is 2.95 bits per heavy atom. The number of carbonyl (C=O) groups excluding carboxylic acids is 1. The third kappa shape index (κ3) is 3.87. The van der Waals surface area contributed by atoms with Gasteiger partial charge in [0.25, 0.3) is 0 Å². The molecule has 0 radical (unpaired) electrons. The van der Waals surface area contributed by atoms with Crippen molar-refractivity contribution in [3.05, 3.63) is 28.8 Å². The Morgan fingerprint density at radius 2 is 2.33 bits per heavy atom. The first-order valence-electron chi connectivity index (χ1n) is 7.16. The van der Waals surface area contributed by atoms with Gasteiger partial charge in [-0.15, -0.1) is 0 Å². The second-order valence-corrected chi connectivity index (χ2v) is 5.84. The fourth-order valence-electron chi connectivity index (χ4n) is 2.40. The number of amides is 1. The molecular weight excluding hydrogens is 290 g/mol. The van der Waals surface area contributed by atoms with E-state index in [-0.39, 0.29) is 18.0 Å². The minimum absolute atomic E-state index is 0.0383. The van der Waals surface area contributed by atoms with E-state index in [1.165, 1.54) is 0 Å². The molecule has 1 atom stereocenters. The number of halogens is 1. The Kier molecular flexibility index (Phi) is 5.45. The molecule has 0 bridgehead atoms. The molecular formula is C15H22ClN3O2. The topological polar surface area (TPSA) is 67.6 Å². The molecule has 1 saturated heterocycles. The zero-order valence-corrected chi connectivity index (χ0v) is 13.2. The monoisotopic (exact) mass is 311 g/mol. The van der Waals surface area contributed by atoms with Crippen molar-refractivity contribution < 1.29 is 9.53 Å². The van der Waals surface area contributed by atoms with Gasteiger partial charge in [-0.1, -0.05) is 17.7 Å². The number of hydrogen-bond donors (Lipinski definition) is 2. The van der Waals surface area contributed by atoms with E-state index < -0.39 is 0 Å². The van der Waals surface area contributed by atoms with Crippen molar-refractivity contribution in [2.75, 3.05) is 24.7 Å². The lowest BCUT2D eigenvalue weighted by molar-refractivity contribution is -0.125. The normalized spacial score (nSPS) is 18.9. The summed E-state index contributed by atoms with van der Waals surface area (Å²) in [4.78, 5) is 14.3. The van der Waals surface area contributed by atoms with Gasteiger partial charge in [-0.05, 0) is 31.5 Å². The van der Waals surface area contributed by atoms with Crippen LogP contribution in [0.3, 0.4) is 0 Å². The maximum atomic E-state index is 12.3. The van der Waals surface area contributed by atoms with Gasteiger partial charge in [0.05, 0.1) is 23.9 Å². The standard InChI is InChI=1S/C15H22ClN3O2/c1-10(2)18-15(20)14-9-21-6-5-19(14)13-4-3-11(8-17)7-12(13)16/h3-4,7,10,14H,5-6,8-9,17H2,1-2H3,(H,18,20). The van der Waals surface area contributed by atoms with Crippen LogP contribution in [-0.2, 0) is 16.1 Å². The molecule has 2 rings (SSSR count). The van der Waals surface area contributed by atoms with Crippen LogP contribution in [0.2, 0.25) is 5.02 Å². The van der Waals surface area contributed by atoms with E-state index in [1.54, 1.807) is 0 Å². The Balaban J connectivity index is 2.24. The lowest BCUT2D eigenvalue weighted by Crippen LogP contribution is -2.55. The molecule has 1 amide bonds. The van der Waals surface area contributed by atoms with Crippen molar-refractivity contribution in [2.45, 2.75) is 32.5 Å². The molecule has 0 aliphatic carbocycles. The number of nitrogens with one attached hydrogen (secondary N) is 1. The zero-order chi connectivity index (χ0) is 15.4. The number of rotatable bonds is 4. The fourth-order valence-corrected chi connectivity index (χ4v) is 2.71. The molecule has 1 aliphatic heterocycles. The number of benzene rings is 1. The van der Waals surface area contributed by atoms with Crippen LogP contribution in [-0.4, -0.2) is 37.7 Å². The van der Waals surface area contributed by atoms with Crippen molar-refractivity contribution in [1.29, 1.82) is 0 Å².